The molecule has 0 radical (unpaired) electrons. The zero-order chi connectivity index (χ0) is 14.9. The highest BCUT2D eigenvalue weighted by atomic mass is 127. The molecule has 0 saturated carbocycles. The van der Waals surface area contributed by atoms with Gasteiger partial charge < -0.3 is 10.1 Å². The fourth-order valence-corrected chi connectivity index (χ4v) is 2.48. The predicted molar refractivity (Wildman–Crippen MR) is 80.9 cm³/mol. The second kappa shape index (κ2) is 5.55. The molecule has 1 aromatic rings. The maximum atomic E-state index is 13.7. The van der Waals surface area contributed by atoms with Crippen molar-refractivity contribution in [3.63, 3.8) is 0 Å². The number of nitrogens with one attached hydrogen (secondary N) is 1. The minimum Gasteiger partial charge on any atom is -0.462 e. The van der Waals surface area contributed by atoms with Gasteiger partial charge in [-0.25, -0.2) is 9.18 Å². The summed E-state index contributed by atoms with van der Waals surface area (Å²) in [6.45, 7) is 7.88. The third-order valence-electron chi connectivity index (χ3n) is 3.07. The Morgan fingerprint density at radius 2 is 2.45 bits per heavy atom. The van der Waals surface area contributed by atoms with Crippen LogP contribution in [0.3, 0.4) is 0 Å². The van der Waals surface area contributed by atoms with Crippen LogP contribution in [-0.2, 0) is 10.3 Å². The maximum Gasteiger partial charge on any atom is 0.342 e. The molecule has 2 rings (SSSR count). The van der Waals surface area contributed by atoms with Crippen molar-refractivity contribution >= 4 is 28.6 Å². The van der Waals surface area contributed by atoms with Gasteiger partial charge in [0.05, 0.1) is 17.8 Å². The van der Waals surface area contributed by atoms with Gasteiger partial charge in [0.15, 0.2) is 0 Å². The van der Waals surface area contributed by atoms with Crippen molar-refractivity contribution in [2.24, 2.45) is 0 Å². The Kier molecular flexibility index (Phi) is 4.17. The molecule has 0 fully saturated rings. The van der Waals surface area contributed by atoms with Crippen LogP contribution in [0.5, 0.6) is 0 Å². The smallest absolute Gasteiger partial charge is 0.342 e. The van der Waals surface area contributed by atoms with Crippen molar-refractivity contribution in [1.82, 2.24) is 15.1 Å². The third-order valence-corrected chi connectivity index (χ3v) is 3.87. The summed E-state index contributed by atoms with van der Waals surface area (Å²) in [5.41, 5.74) is -0.0579. The number of carbonyl (C=O) groups is 1. The number of hydrogen-bond acceptors (Lipinski definition) is 4. The van der Waals surface area contributed by atoms with Crippen LogP contribution < -0.4 is 5.32 Å². The van der Waals surface area contributed by atoms with Crippen LogP contribution in [0.15, 0.2) is 30.4 Å². The van der Waals surface area contributed by atoms with E-state index in [0.717, 1.165) is 0 Å². The molecule has 1 unspecified atom stereocenters. The Morgan fingerprint density at radius 3 is 3.05 bits per heavy atom. The normalized spacial score (nSPS) is 22.2. The Balaban J connectivity index is 2.37. The first-order valence-electron chi connectivity index (χ1n) is 6.11. The van der Waals surface area contributed by atoms with Crippen molar-refractivity contribution in [3.8, 4) is 0 Å². The fourth-order valence-electron chi connectivity index (χ4n) is 1.89. The molecule has 1 atom stereocenters. The number of hydrogen-bond donors (Lipinski definition) is 1. The van der Waals surface area contributed by atoms with Crippen LogP contribution in [0, 0.1) is 3.70 Å². The summed E-state index contributed by atoms with van der Waals surface area (Å²) < 4.78 is 20.8. The maximum absolute atomic E-state index is 13.7. The first-order valence-corrected chi connectivity index (χ1v) is 7.19. The Morgan fingerprint density at radius 1 is 1.75 bits per heavy atom. The van der Waals surface area contributed by atoms with Crippen LogP contribution in [0.25, 0.3) is 0 Å². The largest absolute Gasteiger partial charge is 0.462 e. The van der Waals surface area contributed by atoms with E-state index in [-0.39, 0.29) is 5.70 Å². The second-order valence-corrected chi connectivity index (χ2v) is 5.70. The standard InChI is InChI=1S/C13H15FIN3O2/c1-4-20-12(19)9-6-18(17-11(9)15)13(3)5-10(14)8(2)16-7-13/h5-6,16H,2,4,7H2,1,3H3. The molecule has 108 valence electrons. The highest BCUT2D eigenvalue weighted by molar-refractivity contribution is 14.1. The Labute approximate surface area is 130 Å². The lowest BCUT2D eigenvalue weighted by Crippen LogP contribution is -2.42. The van der Waals surface area contributed by atoms with Gasteiger partial charge in [-0.2, -0.15) is 5.10 Å². The van der Waals surface area contributed by atoms with Crippen molar-refractivity contribution in [1.29, 1.82) is 0 Å². The van der Waals surface area contributed by atoms with Crippen LogP contribution in [0.2, 0.25) is 0 Å². The molecule has 0 spiro atoms. The summed E-state index contributed by atoms with van der Waals surface area (Å²) >= 11 is 1.96. The molecule has 0 bridgehead atoms. The summed E-state index contributed by atoms with van der Waals surface area (Å²) in [6, 6.07) is 0. The van der Waals surface area contributed by atoms with Gasteiger partial charge in [-0.15, -0.1) is 0 Å². The average Bonchev–Trinajstić information content (AvgIpc) is 2.78. The number of aromatic nitrogens is 2. The van der Waals surface area contributed by atoms with E-state index in [4.69, 9.17) is 4.74 Å². The SMILES string of the molecule is C=C1NCC(C)(n2cc(C(=O)OCC)c(I)n2)C=C1F. The van der Waals surface area contributed by atoms with Gasteiger partial charge in [0.25, 0.3) is 0 Å². The van der Waals surface area contributed by atoms with Gasteiger partial charge >= 0.3 is 5.97 Å². The molecule has 0 aromatic carbocycles. The predicted octanol–water partition coefficient (Wildman–Crippen LogP) is 2.35. The minimum absolute atomic E-state index is 0.259. The van der Waals surface area contributed by atoms with E-state index >= 15 is 0 Å². The molecule has 1 aromatic heterocycles. The van der Waals surface area contributed by atoms with Crippen molar-refractivity contribution in [2.45, 2.75) is 19.4 Å². The highest BCUT2D eigenvalue weighted by Crippen LogP contribution is 2.27. The van der Waals surface area contributed by atoms with Gasteiger partial charge in [-0.1, -0.05) is 6.58 Å². The molecule has 7 heteroatoms. The van der Waals surface area contributed by atoms with Crippen LogP contribution >= 0.6 is 22.6 Å². The zero-order valence-corrected chi connectivity index (χ0v) is 13.4. The van der Waals surface area contributed by atoms with Crippen LogP contribution in [0.1, 0.15) is 24.2 Å². The van der Waals surface area contributed by atoms with Gasteiger partial charge in [-0.3, -0.25) is 4.68 Å². The van der Waals surface area contributed by atoms with E-state index in [1.165, 1.54) is 6.08 Å². The number of nitrogens with zero attached hydrogens (tertiary/aromatic N) is 2. The summed E-state index contributed by atoms with van der Waals surface area (Å²) in [4.78, 5) is 11.8. The molecule has 1 N–H and O–H groups in total. The molecule has 20 heavy (non-hydrogen) atoms. The molecule has 1 aliphatic heterocycles. The Hall–Kier alpha value is -1.38. The van der Waals surface area contributed by atoms with E-state index in [1.807, 2.05) is 29.5 Å². The van der Waals surface area contributed by atoms with Gasteiger partial charge in [0.2, 0.25) is 0 Å². The Bertz CT molecular complexity index is 596. The van der Waals surface area contributed by atoms with Gasteiger partial charge in [0, 0.05) is 12.7 Å². The molecule has 5 nitrogen and oxygen atoms in total. The molecule has 2 heterocycles. The lowest BCUT2D eigenvalue weighted by atomic mass is 9.98. The van der Waals surface area contributed by atoms with Gasteiger partial charge in [0.1, 0.15) is 15.1 Å². The molecular weight excluding hydrogens is 376 g/mol. The zero-order valence-electron chi connectivity index (χ0n) is 11.2. The number of rotatable bonds is 3. The number of halogens is 2. The summed E-state index contributed by atoms with van der Waals surface area (Å²) in [7, 11) is 0. The number of ether oxygens (including phenoxy) is 1. The fraction of sp³-hybridized carbons (Fsp3) is 0.385. The first-order chi connectivity index (χ1) is 9.37. The lowest BCUT2D eigenvalue weighted by Gasteiger charge is -2.31. The van der Waals surface area contributed by atoms with E-state index in [2.05, 4.69) is 17.0 Å². The second-order valence-electron chi connectivity index (χ2n) is 4.68. The van der Waals surface area contributed by atoms with Gasteiger partial charge in [-0.05, 0) is 42.5 Å². The van der Waals surface area contributed by atoms with Crippen molar-refractivity contribution in [3.05, 3.63) is 39.6 Å². The number of allylic oxidation sites excluding steroid dienone is 1. The van der Waals surface area contributed by atoms with E-state index in [0.29, 0.717) is 22.4 Å². The molecule has 0 aliphatic carbocycles. The summed E-state index contributed by atoms with van der Waals surface area (Å²) in [5, 5.41) is 7.18. The molecule has 1 aliphatic rings. The van der Waals surface area contributed by atoms with E-state index in [1.54, 1.807) is 17.8 Å². The average molecular weight is 391 g/mol. The third kappa shape index (κ3) is 2.72. The molecule has 0 saturated heterocycles. The topological polar surface area (TPSA) is 56.2 Å². The lowest BCUT2D eigenvalue weighted by molar-refractivity contribution is 0.0525. The monoisotopic (exact) mass is 391 g/mol. The minimum atomic E-state index is -0.698. The first kappa shape index (κ1) is 15.0. The highest BCUT2D eigenvalue weighted by Gasteiger charge is 2.32. The van der Waals surface area contributed by atoms with Crippen molar-refractivity contribution in [2.75, 3.05) is 13.2 Å². The van der Waals surface area contributed by atoms with Crippen molar-refractivity contribution < 1.29 is 13.9 Å². The molecule has 0 amide bonds. The summed E-state index contributed by atoms with van der Waals surface area (Å²) in [6.07, 6.45) is 3.03. The quantitative estimate of drug-likeness (QED) is 0.635. The van der Waals surface area contributed by atoms with E-state index in [9.17, 15) is 9.18 Å². The van der Waals surface area contributed by atoms with Crippen LogP contribution in [-0.4, -0.2) is 28.9 Å². The van der Waals surface area contributed by atoms with E-state index < -0.39 is 17.3 Å². The summed E-state index contributed by atoms with van der Waals surface area (Å²) in [5.74, 6) is -0.841. The number of esters is 1. The van der Waals surface area contributed by atoms with Crippen LogP contribution in [0.4, 0.5) is 4.39 Å². The number of carbonyl (C=O) groups excluding carboxylic acids is 1. The molecular formula is C13H15FIN3O2.